The topological polar surface area (TPSA) is 0 Å². The van der Waals surface area contributed by atoms with E-state index in [0.29, 0.717) is 5.92 Å². The van der Waals surface area contributed by atoms with Gasteiger partial charge < -0.3 is 0 Å². The molecule has 76 valence electrons. The lowest BCUT2D eigenvalue weighted by Gasteiger charge is -2.23. The molecule has 0 atom stereocenters. The predicted octanol–water partition coefficient (Wildman–Crippen LogP) is 4.09. The summed E-state index contributed by atoms with van der Waals surface area (Å²) in [4.78, 5) is 0. The second-order valence-corrected chi connectivity index (χ2v) is 4.22. The number of hydrogen-bond acceptors (Lipinski definition) is 0. The normalized spacial score (nSPS) is 29.0. The van der Waals surface area contributed by atoms with Gasteiger partial charge in [0.15, 0.2) is 0 Å². The predicted molar refractivity (Wildman–Crippen MR) is 65.8 cm³/mol. The minimum absolute atomic E-state index is 0.0330. The smallest absolute Gasteiger partial charge is 0.0211 e. The van der Waals surface area contributed by atoms with Gasteiger partial charge in [0.2, 0.25) is 0 Å². The average Bonchev–Trinajstić information content (AvgIpc) is 2.31. The molecule has 1 aliphatic carbocycles. The van der Waals surface area contributed by atoms with Gasteiger partial charge >= 0.3 is 0 Å². The van der Waals surface area contributed by atoms with Crippen molar-refractivity contribution in [2.24, 2.45) is 5.41 Å². The standard InChI is InChI=1S/C15H16/c1-3-15(2)11-9-14(10-12-15)13-7-5-4-6-8-13/h3-12,14H,1H2,2H3. The van der Waals surface area contributed by atoms with Gasteiger partial charge in [-0.3, -0.25) is 0 Å². The van der Waals surface area contributed by atoms with E-state index in [1.54, 1.807) is 0 Å². The van der Waals surface area contributed by atoms with E-state index in [-0.39, 0.29) is 5.41 Å². The van der Waals surface area contributed by atoms with E-state index < -0.39 is 0 Å². The highest BCUT2D eigenvalue weighted by Crippen LogP contribution is 2.31. The fraction of sp³-hybridized carbons (Fsp3) is 0.200. The zero-order valence-electron chi connectivity index (χ0n) is 9.06. The van der Waals surface area contributed by atoms with Crippen LogP contribution < -0.4 is 0 Å². The summed E-state index contributed by atoms with van der Waals surface area (Å²) in [6, 6.07) is 10.5. The van der Waals surface area contributed by atoms with E-state index in [4.69, 9.17) is 0 Å². The van der Waals surface area contributed by atoms with Crippen LogP contribution in [-0.2, 0) is 0 Å². The number of hydrogen-bond donors (Lipinski definition) is 0. The van der Waals surface area contributed by atoms with Crippen LogP contribution in [0.1, 0.15) is 18.4 Å². The fourth-order valence-corrected chi connectivity index (χ4v) is 1.78. The maximum absolute atomic E-state index is 3.85. The van der Waals surface area contributed by atoms with Crippen LogP contribution in [0.25, 0.3) is 0 Å². The lowest BCUT2D eigenvalue weighted by Crippen LogP contribution is -2.09. The molecule has 0 heterocycles. The third-order valence-corrected chi connectivity index (χ3v) is 2.95. The Morgan fingerprint density at radius 1 is 1.13 bits per heavy atom. The minimum Gasteiger partial charge on any atom is -0.102 e. The highest BCUT2D eigenvalue weighted by atomic mass is 14.2. The van der Waals surface area contributed by atoms with Crippen molar-refractivity contribution in [3.05, 3.63) is 72.9 Å². The third kappa shape index (κ3) is 2.10. The SMILES string of the molecule is C=CC1(C)C=CC(c2ccccc2)C=C1. The van der Waals surface area contributed by atoms with E-state index in [2.05, 4.69) is 62.1 Å². The van der Waals surface area contributed by atoms with Crippen molar-refractivity contribution < 1.29 is 0 Å². The Kier molecular flexibility index (Phi) is 2.59. The van der Waals surface area contributed by atoms with Gasteiger partial charge in [-0.1, -0.05) is 60.7 Å². The van der Waals surface area contributed by atoms with Crippen LogP contribution in [-0.4, -0.2) is 0 Å². The molecule has 0 heteroatoms. The molecule has 1 aromatic carbocycles. The lowest BCUT2D eigenvalue weighted by molar-refractivity contribution is 0.694. The fourth-order valence-electron chi connectivity index (χ4n) is 1.78. The molecule has 0 saturated carbocycles. The number of benzene rings is 1. The molecule has 0 aliphatic heterocycles. The summed E-state index contributed by atoms with van der Waals surface area (Å²) < 4.78 is 0. The second-order valence-electron chi connectivity index (χ2n) is 4.22. The van der Waals surface area contributed by atoms with Crippen molar-refractivity contribution in [3.63, 3.8) is 0 Å². The van der Waals surface area contributed by atoms with Gasteiger partial charge in [-0.15, -0.1) is 6.58 Å². The monoisotopic (exact) mass is 196 g/mol. The molecule has 0 bridgehead atoms. The zero-order valence-corrected chi connectivity index (χ0v) is 9.06. The molecular weight excluding hydrogens is 180 g/mol. The van der Waals surface area contributed by atoms with Crippen LogP contribution in [0.3, 0.4) is 0 Å². The van der Waals surface area contributed by atoms with Gasteiger partial charge in [-0.25, -0.2) is 0 Å². The van der Waals surface area contributed by atoms with Gasteiger partial charge in [0.1, 0.15) is 0 Å². The molecule has 0 radical (unpaired) electrons. The Hall–Kier alpha value is -1.56. The van der Waals surface area contributed by atoms with E-state index in [1.165, 1.54) is 5.56 Å². The summed E-state index contributed by atoms with van der Waals surface area (Å²) in [7, 11) is 0. The van der Waals surface area contributed by atoms with Gasteiger partial charge in [-0.2, -0.15) is 0 Å². The molecule has 1 aliphatic rings. The Morgan fingerprint density at radius 3 is 2.27 bits per heavy atom. The van der Waals surface area contributed by atoms with Crippen LogP contribution in [0.4, 0.5) is 0 Å². The van der Waals surface area contributed by atoms with Crippen LogP contribution >= 0.6 is 0 Å². The highest BCUT2D eigenvalue weighted by Gasteiger charge is 2.17. The molecule has 0 nitrogen and oxygen atoms in total. The summed E-state index contributed by atoms with van der Waals surface area (Å²) in [6.07, 6.45) is 10.9. The molecule has 2 rings (SSSR count). The summed E-state index contributed by atoms with van der Waals surface area (Å²) in [5, 5.41) is 0. The number of allylic oxidation sites excluding steroid dienone is 5. The van der Waals surface area contributed by atoms with Crippen LogP contribution in [0.5, 0.6) is 0 Å². The van der Waals surface area contributed by atoms with Gasteiger partial charge in [0.25, 0.3) is 0 Å². The second kappa shape index (κ2) is 3.90. The maximum atomic E-state index is 3.85. The van der Waals surface area contributed by atoms with Crippen LogP contribution in [0.15, 0.2) is 67.3 Å². The molecule has 1 aromatic rings. The Morgan fingerprint density at radius 2 is 1.73 bits per heavy atom. The third-order valence-electron chi connectivity index (χ3n) is 2.95. The summed E-state index contributed by atoms with van der Waals surface area (Å²) in [5.74, 6) is 0.416. The average molecular weight is 196 g/mol. The van der Waals surface area contributed by atoms with E-state index in [1.807, 2.05) is 12.1 Å². The molecule has 0 spiro atoms. The van der Waals surface area contributed by atoms with Crippen molar-refractivity contribution in [3.8, 4) is 0 Å². The van der Waals surface area contributed by atoms with Crippen LogP contribution in [0.2, 0.25) is 0 Å². The van der Waals surface area contributed by atoms with Gasteiger partial charge in [-0.05, 0) is 12.5 Å². The summed E-state index contributed by atoms with van der Waals surface area (Å²) >= 11 is 0. The van der Waals surface area contributed by atoms with Gasteiger partial charge in [0.05, 0.1) is 0 Å². The van der Waals surface area contributed by atoms with Gasteiger partial charge in [0, 0.05) is 11.3 Å². The highest BCUT2D eigenvalue weighted by molar-refractivity contribution is 5.35. The molecular formula is C15H16. The first-order valence-corrected chi connectivity index (χ1v) is 5.31. The molecule has 0 fully saturated rings. The molecule has 0 saturated heterocycles. The van der Waals surface area contributed by atoms with Crippen LogP contribution in [0, 0.1) is 5.41 Å². The summed E-state index contributed by atoms with van der Waals surface area (Å²) in [6.45, 7) is 6.01. The first-order valence-electron chi connectivity index (χ1n) is 5.31. The quantitative estimate of drug-likeness (QED) is 0.625. The largest absolute Gasteiger partial charge is 0.102 e. The first kappa shape index (κ1) is 9.97. The summed E-state index contributed by atoms with van der Waals surface area (Å²) in [5.41, 5.74) is 1.38. The molecule has 15 heavy (non-hydrogen) atoms. The first-order chi connectivity index (χ1) is 7.23. The van der Waals surface area contributed by atoms with Crippen molar-refractivity contribution in [1.82, 2.24) is 0 Å². The molecule has 0 unspecified atom stereocenters. The van der Waals surface area contributed by atoms with Crippen molar-refractivity contribution in [2.45, 2.75) is 12.8 Å². The van der Waals surface area contributed by atoms with Crippen molar-refractivity contribution in [1.29, 1.82) is 0 Å². The Bertz CT molecular complexity index is 381. The van der Waals surface area contributed by atoms with E-state index in [0.717, 1.165) is 0 Å². The lowest BCUT2D eigenvalue weighted by atomic mass is 9.82. The van der Waals surface area contributed by atoms with Crippen molar-refractivity contribution >= 4 is 0 Å². The van der Waals surface area contributed by atoms with Crippen molar-refractivity contribution in [2.75, 3.05) is 0 Å². The zero-order chi connectivity index (χ0) is 10.7. The molecule has 0 amide bonds. The minimum atomic E-state index is 0.0330. The Labute approximate surface area is 91.6 Å². The number of rotatable bonds is 2. The maximum Gasteiger partial charge on any atom is 0.0211 e. The Balaban J connectivity index is 2.22. The van der Waals surface area contributed by atoms with E-state index in [9.17, 15) is 0 Å². The molecule has 0 N–H and O–H groups in total. The van der Waals surface area contributed by atoms with E-state index >= 15 is 0 Å². The molecule has 0 aromatic heterocycles.